The summed E-state index contributed by atoms with van der Waals surface area (Å²) >= 11 is 5.82. The van der Waals surface area contributed by atoms with Crippen molar-refractivity contribution in [3.63, 3.8) is 0 Å². The second-order valence-corrected chi connectivity index (χ2v) is 5.90. The zero-order valence-electron chi connectivity index (χ0n) is 9.86. The van der Waals surface area contributed by atoms with Gasteiger partial charge in [-0.15, -0.1) is 0 Å². The van der Waals surface area contributed by atoms with Crippen molar-refractivity contribution in [3.8, 4) is 5.75 Å². The molecular formula is C11H16ClNO3S. The van der Waals surface area contributed by atoms with Crippen LogP contribution in [0.1, 0.15) is 19.8 Å². The number of hydrogen-bond acceptors (Lipinski definition) is 3. The summed E-state index contributed by atoms with van der Waals surface area (Å²) in [5.41, 5.74) is 0.371. The molecule has 1 rings (SSSR count). The molecule has 0 radical (unpaired) electrons. The maximum Gasteiger partial charge on any atom is 0.232 e. The Labute approximate surface area is 107 Å². The lowest BCUT2D eigenvalue weighted by Gasteiger charge is -2.11. The van der Waals surface area contributed by atoms with E-state index in [1.807, 2.05) is 6.92 Å². The summed E-state index contributed by atoms with van der Waals surface area (Å²) in [7, 11) is -1.86. The molecular weight excluding hydrogens is 262 g/mol. The van der Waals surface area contributed by atoms with Crippen LogP contribution in [-0.4, -0.2) is 21.3 Å². The fraction of sp³-hybridized carbons (Fsp3) is 0.455. The molecule has 0 bridgehead atoms. The average Bonchev–Trinajstić information content (AvgIpc) is 2.26. The van der Waals surface area contributed by atoms with E-state index in [9.17, 15) is 8.42 Å². The lowest BCUT2D eigenvalue weighted by Crippen LogP contribution is -2.17. The number of halogens is 1. The van der Waals surface area contributed by atoms with E-state index in [4.69, 9.17) is 16.3 Å². The van der Waals surface area contributed by atoms with Crippen molar-refractivity contribution in [1.29, 1.82) is 0 Å². The molecule has 1 aromatic rings. The van der Waals surface area contributed by atoms with Crippen LogP contribution < -0.4 is 9.46 Å². The Morgan fingerprint density at radius 2 is 2.12 bits per heavy atom. The van der Waals surface area contributed by atoms with E-state index in [0.29, 0.717) is 22.9 Å². The molecule has 17 heavy (non-hydrogen) atoms. The van der Waals surface area contributed by atoms with Crippen molar-refractivity contribution in [2.45, 2.75) is 19.8 Å². The molecule has 0 aliphatic rings. The molecule has 96 valence electrons. The molecule has 0 saturated carbocycles. The predicted octanol–water partition coefficient (Wildman–Crippen LogP) is 2.89. The molecule has 0 unspecified atom stereocenters. The number of rotatable bonds is 6. The molecule has 0 amide bonds. The number of sulfonamides is 1. The van der Waals surface area contributed by atoms with Crippen LogP contribution in [0.5, 0.6) is 5.75 Å². The molecule has 0 aliphatic carbocycles. The Bertz CT molecular complexity index is 474. The fourth-order valence-electron chi connectivity index (χ4n) is 1.31. The van der Waals surface area contributed by atoms with Gasteiger partial charge in [-0.2, -0.15) is 0 Å². The molecule has 0 fully saturated rings. The van der Waals surface area contributed by atoms with Gasteiger partial charge in [0.05, 0.1) is 18.6 Å². The quantitative estimate of drug-likeness (QED) is 0.870. The average molecular weight is 278 g/mol. The number of anilines is 1. The minimum absolute atomic E-state index is 0.0964. The molecule has 0 heterocycles. The first-order valence-electron chi connectivity index (χ1n) is 5.32. The van der Waals surface area contributed by atoms with Gasteiger partial charge < -0.3 is 4.74 Å². The zero-order chi connectivity index (χ0) is 12.9. The molecule has 0 aliphatic heterocycles. The van der Waals surface area contributed by atoms with Crippen molar-refractivity contribution < 1.29 is 13.2 Å². The second kappa shape index (κ2) is 6.12. The summed E-state index contributed by atoms with van der Waals surface area (Å²) in [5, 5.41) is 0.457. The minimum Gasteiger partial charge on any atom is -0.495 e. The maximum absolute atomic E-state index is 11.7. The van der Waals surface area contributed by atoms with Gasteiger partial charge in [0, 0.05) is 5.02 Å². The van der Waals surface area contributed by atoms with Crippen molar-refractivity contribution in [3.05, 3.63) is 23.2 Å². The maximum atomic E-state index is 11.7. The van der Waals surface area contributed by atoms with Crippen LogP contribution in [-0.2, 0) is 10.0 Å². The van der Waals surface area contributed by atoms with Gasteiger partial charge in [0.1, 0.15) is 5.75 Å². The van der Waals surface area contributed by atoms with Gasteiger partial charge in [-0.25, -0.2) is 8.42 Å². The molecule has 4 nitrogen and oxygen atoms in total. The molecule has 1 N–H and O–H groups in total. The topological polar surface area (TPSA) is 55.4 Å². The van der Waals surface area contributed by atoms with E-state index in [-0.39, 0.29) is 5.75 Å². The number of ether oxygens (including phenoxy) is 1. The van der Waals surface area contributed by atoms with Gasteiger partial charge in [0.25, 0.3) is 0 Å². The second-order valence-electron chi connectivity index (χ2n) is 3.62. The number of benzene rings is 1. The van der Waals surface area contributed by atoms with Crippen LogP contribution in [0.25, 0.3) is 0 Å². The summed E-state index contributed by atoms with van der Waals surface area (Å²) in [6.45, 7) is 1.94. The smallest absolute Gasteiger partial charge is 0.232 e. The molecule has 0 aromatic heterocycles. The van der Waals surface area contributed by atoms with Gasteiger partial charge in [0.2, 0.25) is 10.0 Å². The Balaban J connectivity index is 2.90. The van der Waals surface area contributed by atoms with E-state index < -0.39 is 10.0 Å². The first-order chi connectivity index (χ1) is 7.98. The first-order valence-corrected chi connectivity index (χ1v) is 7.35. The van der Waals surface area contributed by atoms with Crippen LogP contribution in [0.3, 0.4) is 0 Å². The highest BCUT2D eigenvalue weighted by Crippen LogP contribution is 2.28. The first kappa shape index (κ1) is 14.1. The van der Waals surface area contributed by atoms with Gasteiger partial charge in [0.15, 0.2) is 0 Å². The normalized spacial score (nSPS) is 11.2. The van der Waals surface area contributed by atoms with Gasteiger partial charge in [-0.05, 0) is 24.6 Å². The Morgan fingerprint density at radius 1 is 1.41 bits per heavy atom. The molecule has 6 heteroatoms. The Kier molecular flexibility index (Phi) is 5.08. The number of nitrogens with one attached hydrogen (secondary N) is 1. The van der Waals surface area contributed by atoms with Crippen molar-refractivity contribution in [2.75, 3.05) is 17.6 Å². The van der Waals surface area contributed by atoms with E-state index in [1.54, 1.807) is 12.1 Å². The van der Waals surface area contributed by atoms with E-state index >= 15 is 0 Å². The van der Waals surface area contributed by atoms with Gasteiger partial charge in [-0.1, -0.05) is 24.9 Å². The van der Waals surface area contributed by atoms with Crippen LogP contribution in [0.2, 0.25) is 5.02 Å². The highest BCUT2D eigenvalue weighted by atomic mass is 35.5. The molecule has 0 atom stereocenters. The summed E-state index contributed by atoms with van der Waals surface area (Å²) in [4.78, 5) is 0. The van der Waals surface area contributed by atoms with E-state index in [2.05, 4.69) is 4.72 Å². The lowest BCUT2D eigenvalue weighted by molar-refractivity contribution is 0.417. The largest absolute Gasteiger partial charge is 0.495 e. The third-order valence-electron chi connectivity index (χ3n) is 2.19. The molecule has 1 aromatic carbocycles. The van der Waals surface area contributed by atoms with Gasteiger partial charge >= 0.3 is 0 Å². The van der Waals surface area contributed by atoms with Crippen molar-refractivity contribution in [1.82, 2.24) is 0 Å². The van der Waals surface area contributed by atoms with E-state index in [0.717, 1.165) is 6.42 Å². The van der Waals surface area contributed by atoms with E-state index in [1.165, 1.54) is 13.2 Å². The van der Waals surface area contributed by atoms with Crippen molar-refractivity contribution in [2.24, 2.45) is 0 Å². The predicted molar refractivity (Wildman–Crippen MR) is 70.3 cm³/mol. The summed E-state index contributed by atoms with van der Waals surface area (Å²) < 4.78 is 31.0. The van der Waals surface area contributed by atoms with Crippen LogP contribution >= 0.6 is 11.6 Å². The molecule has 0 spiro atoms. The van der Waals surface area contributed by atoms with Crippen LogP contribution in [0.15, 0.2) is 18.2 Å². The SMILES string of the molecule is CCCCS(=O)(=O)Nc1cc(Cl)ccc1OC. The Morgan fingerprint density at radius 3 is 2.71 bits per heavy atom. The standard InChI is InChI=1S/C11H16ClNO3S/c1-3-4-7-17(14,15)13-10-8-9(12)5-6-11(10)16-2/h5-6,8,13H,3-4,7H2,1-2H3. The highest BCUT2D eigenvalue weighted by Gasteiger charge is 2.13. The number of unbranched alkanes of at least 4 members (excludes halogenated alkanes) is 1. The van der Waals surface area contributed by atoms with Gasteiger partial charge in [-0.3, -0.25) is 4.72 Å². The third kappa shape index (κ3) is 4.44. The summed E-state index contributed by atoms with van der Waals surface area (Å²) in [5.74, 6) is 0.550. The lowest BCUT2D eigenvalue weighted by atomic mass is 10.3. The van der Waals surface area contributed by atoms with Crippen LogP contribution in [0, 0.1) is 0 Å². The molecule has 0 saturated heterocycles. The summed E-state index contributed by atoms with van der Waals surface area (Å²) in [6.07, 6.45) is 1.45. The summed E-state index contributed by atoms with van der Waals surface area (Å²) in [6, 6.07) is 4.80. The van der Waals surface area contributed by atoms with Crippen molar-refractivity contribution >= 4 is 27.3 Å². The Hall–Kier alpha value is -0.940. The van der Waals surface area contributed by atoms with Crippen LogP contribution in [0.4, 0.5) is 5.69 Å². The monoisotopic (exact) mass is 277 g/mol. The number of hydrogen-bond donors (Lipinski definition) is 1. The third-order valence-corrected chi connectivity index (χ3v) is 3.79. The fourth-order valence-corrected chi connectivity index (χ4v) is 2.75. The highest BCUT2D eigenvalue weighted by molar-refractivity contribution is 7.92. The minimum atomic E-state index is -3.33. The zero-order valence-corrected chi connectivity index (χ0v) is 11.4. The number of methoxy groups -OCH3 is 1.